The minimum absolute atomic E-state index is 0.258. The largest absolute Gasteiger partial charge is 0.496 e. The van der Waals surface area contributed by atoms with Gasteiger partial charge in [0.15, 0.2) is 0 Å². The van der Waals surface area contributed by atoms with Gasteiger partial charge in [0.2, 0.25) is 0 Å². The number of hydrogen-bond donors (Lipinski definition) is 0. The molecule has 2 aromatic heterocycles. The predicted octanol–water partition coefficient (Wildman–Crippen LogP) is 5.03. The molecule has 0 amide bonds. The lowest BCUT2D eigenvalue weighted by molar-refractivity contribution is 0.115. The summed E-state index contributed by atoms with van der Waals surface area (Å²) in [5, 5.41) is 4.88. The second kappa shape index (κ2) is 9.18. The second-order valence-corrected chi connectivity index (χ2v) is 8.31. The van der Waals surface area contributed by atoms with E-state index in [1.165, 1.54) is 5.56 Å². The third kappa shape index (κ3) is 4.09. The Labute approximate surface area is 184 Å². The van der Waals surface area contributed by atoms with Crippen molar-refractivity contribution in [2.24, 2.45) is 0 Å². The van der Waals surface area contributed by atoms with Crippen molar-refractivity contribution in [2.45, 2.75) is 46.1 Å². The van der Waals surface area contributed by atoms with E-state index in [-0.39, 0.29) is 6.10 Å². The number of benzene rings is 1. The molecule has 0 aliphatic carbocycles. The fourth-order valence-electron chi connectivity index (χ4n) is 4.68. The maximum absolute atomic E-state index is 5.94. The van der Waals surface area contributed by atoms with Crippen molar-refractivity contribution in [3.8, 4) is 22.9 Å². The van der Waals surface area contributed by atoms with Gasteiger partial charge in [0.25, 0.3) is 5.88 Å². The standard InChI is InChI=1S/C25H33N3O3/c1-6-12-27(16-19-9-8-13-31-19)24-21-11-7-10-20(28(21)26-25(24)30-5)23-18(3)14-17(2)15-22(23)29-4/h7,10-11,14-15,19H,6,8-9,12-13,16H2,1-5H3. The van der Waals surface area contributed by atoms with Crippen LogP contribution in [0, 0.1) is 13.8 Å². The SMILES string of the molecule is CCCN(CC1CCCO1)c1c(OC)nn2c(-c3c(C)cc(C)cc3OC)cccc12. The number of nitrogens with zero attached hydrogens (tertiary/aromatic N) is 3. The molecule has 1 aliphatic rings. The van der Waals surface area contributed by atoms with Gasteiger partial charge in [-0.2, -0.15) is 0 Å². The van der Waals surface area contributed by atoms with Crippen LogP contribution in [0.1, 0.15) is 37.3 Å². The summed E-state index contributed by atoms with van der Waals surface area (Å²) < 4.78 is 19.5. The maximum atomic E-state index is 5.94. The lowest BCUT2D eigenvalue weighted by Gasteiger charge is -2.26. The van der Waals surface area contributed by atoms with Crippen LogP contribution in [0.4, 0.5) is 5.69 Å². The lowest BCUT2D eigenvalue weighted by Crippen LogP contribution is -2.33. The highest BCUT2D eigenvalue weighted by Gasteiger charge is 2.26. The number of aromatic nitrogens is 2. The van der Waals surface area contributed by atoms with Crippen LogP contribution in [0.2, 0.25) is 0 Å². The molecule has 31 heavy (non-hydrogen) atoms. The van der Waals surface area contributed by atoms with Crippen LogP contribution in [0.25, 0.3) is 16.8 Å². The highest BCUT2D eigenvalue weighted by molar-refractivity contribution is 5.83. The molecular weight excluding hydrogens is 390 g/mol. The number of fused-ring (bicyclic) bond motifs is 1. The fraction of sp³-hybridized carbons (Fsp3) is 0.480. The summed E-state index contributed by atoms with van der Waals surface area (Å²) in [5.74, 6) is 1.49. The van der Waals surface area contributed by atoms with Crippen LogP contribution >= 0.6 is 0 Å². The third-order valence-corrected chi connectivity index (χ3v) is 5.97. The highest BCUT2D eigenvalue weighted by atomic mass is 16.5. The first-order chi connectivity index (χ1) is 15.1. The van der Waals surface area contributed by atoms with Gasteiger partial charge in [-0.25, -0.2) is 4.52 Å². The summed E-state index contributed by atoms with van der Waals surface area (Å²) in [5.41, 5.74) is 6.44. The second-order valence-electron chi connectivity index (χ2n) is 8.31. The van der Waals surface area contributed by atoms with Crippen LogP contribution in [0.5, 0.6) is 11.6 Å². The predicted molar refractivity (Wildman–Crippen MR) is 125 cm³/mol. The van der Waals surface area contributed by atoms with Gasteiger partial charge in [-0.3, -0.25) is 0 Å². The Hall–Kier alpha value is -2.73. The van der Waals surface area contributed by atoms with E-state index in [1.807, 2.05) is 4.52 Å². The van der Waals surface area contributed by atoms with Crippen LogP contribution in [-0.2, 0) is 4.74 Å². The Morgan fingerprint density at radius 2 is 2.03 bits per heavy atom. The first-order valence-corrected chi connectivity index (χ1v) is 11.1. The molecule has 0 radical (unpaired) electrons. The molecule has 1 atom stereocenters. The van der Waals surface area contributed by atoms with Gasteiger partial charge in [0.1, 0.15) is 11.4 Å². The van der Waals surface area contributed by atoms with Crippen LogP contribution < -0.4 is 14.4 Å². The van der Waals surface area contributed by atoms with Crippen LogP contribution in [0.15, 0.2) is 30.3 Å². The Kier molecular flexibility index (Phi) is 6.37. The van der Waals surface area contributed by atoms with E-state index in [2.05, 4.69) is 56.0 Å². The van der Waals surface area contributed by atoms with E-state index in [0.29, 0.717) is 5.88 Å². The quantitative estimate of drug-likeness (QED) is 0.509. The van der Waals surface area contributed by atoms with Crippen molar-refractivity contribution in [3.63, 3.8) is 0 Å². The molecule has 1 saturated heterocycles. The number of aryl methyl sites for hydroxylation is 2. The Morgan fingerprint density at radius 3 is 2.71 bits per heavy atom. The van der Waals surface area contributed by atoms with Crippen molar-refractivity contribution >= 4 is 11.2 Å². The molecule has 3 heterocycles. The summed E-state index contributed by atoms with van der Waals surface area (Å²) >= 11 is 0. The van der Waals surface area contributed by atoms with Crippen molar-refractivity contribution in [2.75, 3.05) is 38.8 Å². The van der Waals surface area contributed by atoms with Gasteiger partial charge in [-0.15, -0.1) is 5.10 Å². The number of hydrogen-bond acceptors (Lipinski definition) is 5. The van der Waals surface area contributed by atoms with Gasteiger partial charge in [-0.1, -0.05) is 19.1 Å². The average Bonchev–Trinajstić information content (AvgIpc) is 3.40. The molecule has 166 valence electrons. The number of methoxy groups -OCH3 is 2. The molecule has 0 N–H and O–H groups in total. The fourth-order valence-corrected chi connectivity index (χ4v) is 4.68. The molecule has 1 unspecified atom stereocenters. The topological polar surface area (TPSA) is 48.2 Å². The highest BCUT2D eigenvalue weighted by Crippen LogP contribution is 2.39. The summed E-state index contributed by atoms with van der Waals surface area (Å²) in [6, 6.07) is 10.5. The van der Waals surface area contributed by atoms with Gasteiger partial charge >= 0.3 is 0 Å². The smallest absolute Gasteiger partial charge is 0.257 e. The van der Waals surface area contributed by atoms with E-state index in [4.69, 9.17) is 19.3 Å². The molecule has 1 aromatic carbocycles. The Balaban J connectivity index is 1.88. The number of ether oxygens (including phenoxy) is 3. The number of pyridine rings is 1. The van der Waals surface area contributed by atoms with Gasteiger partial charge in [-0.05, 0) is 62.4 Å². The molecule has 0 bridgehead atoms. The Bertz CT molecular complexity index is 1050. The third-order valence-electron chi connectivity index (χ3n) is 5.97. The zero-order valence-electron chi connectivity index (χ0n) is 19.3. The number of anilines is 1. The molecule has 0 saturated carbocycles. The van der Waals surface area contributed by atoms with Crippen molar-refractivity contribution in [1.29, 1.82) is 0 Å². The zero-order chi connectivity index (χ0) is 22.0. The summed E-state index contributed by atoms with van der Waals surface area (Å²) in [4.78, 5) is 2.38. The van der Waals surface area contributed by atoms with Crippen molar-refractivity contribution in [1.82, 2.24) is 9.61 Å². The molecule has 1 fully saturated rings. The molecule has 6 heteroatoms. The van der Waals surface area contributed by atoms with E-state index >= 15 is 0 Å². The average molecular weight is 424 g/mol. The van der Waals surface area contributed by atoms with E-state index < -0.39 is 0 Å². The Morgan fingerprint density at radius 1 is 1.19 bits per heavy atom. The summed E-state index contributed by atoms with van der Waals surface area (Å²) in [6.45, 7) is 9.03. The molecule has 1 aliphatic heterocycles. The first kappa shape index (κ1) is 21.5. The molecule has 3 aromatic rings. The normalized spacial score (nSPS) is 16.1. The monoisotopic (exact) mass is 423 g/mol. The minimum atomic E-state index is 0.258. The van der Waals surface area contributed by atoms with Crippen molar-refractivity contribution < 1.29 is 14.2 Å². The van der Waals surface area contributed by atoms with E-state index in [0.717, 1.165) is 72.7 Å². The summed E-state index contributed by atoms with van der Waals surface area (Å²) in [6.07, 6.45) is 3.53. The van der Waals surface area contributed by atoms with E-state index in [1.54, 1.807) is 14.2 Å². The van der Waals surface area contributed by atoms with Gasteiger partial charge in [0.05, 0.1) is 31.5 Å². The molecular formula is C25H33N3O3. The number of rotatable bonds is 8. The maximum Gasteiger partial charge on any atom is 0.257 e. The van der Waals surface area contributed by atoms with Gasteiger partial charge in [0, 0.05) is 25.3 Å². The van der Waals surface area contributed by atoms with E-state index in [9.17, 15) is 0 Å². The molecule has 4 rings (SSSR count). The van der Waals surface area contributed by atoms with Crippen molar-refractivity contribution in [3.05, 3.63) is 41.5 Å². The van der Waals surface area contributed by atoms with Crippen LogP contribution in [0.3, 0.4) is 0 Å². The lowest BCUT2D eigenvalue weighted by atomic mass is 10.0. The zero-order valence-corrected chi connectivity index (χ0v) is 19.3. The minimum Gasteiger partial charge on any atom is -0.496 e. The molecule has 0 spiro atoms. The van der Waals surface area contributed by atoms with Gasteiger partial charge < -0.3 is 19.1 Å². The first-order valence-electron chi connectivity index (χ1n) is 11.1. The molecule has 6 nitrogen and oxygen atoms in total. The summed E-state index contributed by atoms with van der Waals surface area (Å²) in [7, 11) is 3.41. The van der Waals surface area contributed by atoms with Crippen LogP contribution in [-0.4, -0.2) is 49.6 Å².